The summed E-state index contributed by atoms with van der Waals surface area (Å²) in [6.07, 6.45) is 6.40. The summed E-state index contributed by atoms with van der Waals surface area (Å²) in [5, 5.41) is 0. The van der Waals surface area contributed by atoms with E-state index in [9.17, 15) is 0 Å². The van der Waals surface area contributed by atoms with Gasteiger partial charge in [-0.1, -0.05) is 19.8 Å². The monoisotopic (exact) mass is 185 g/mol. The lowest BCUT2D eigenvalue weighted by Gasteiger charge is -2.43. The van der Waals surface area contributed by atoms with Crippen molar-refractivity contribution in [2.75, 3.05) is 27.3 Å². The predicted molar refractivity (Wildman–Crippen MR) is 56.0 cm³/mol. The Morgan fingerprint density at radius 1 is 1.23 bits per heavy atom. The molecule has 0 N–H and O–H groups in total. The van der Waals surface area contributed by atoms with E-state index >= 15 is 0 Å². The average Bonchev–Trinajstić information content (AvgIpc) is 2.16. The van der Waals surface area contributed by atoms with Gasteiger partial charge in [0.2, 0.25) is 0 Å². The van der Waals surface area contributed by atoms with Crippen LogP contribution in [-0.4, -0.2) is 37.7 Å². The maximum Gasteiger partial charge on any atom is 0.0483 e. The van der Waals surface area contributed by atoms with Gasteiger partial charge in [-0.3, -0.25) is 0 Å². The molecule has 0 radical (unpaired) electrons. The third-order valence-electron chi connectivity index (χ3n) is 3.37. The molecular weight excluding hydrogens is 162 g/mol. The van der Waals surface area contributed by atoms with Gasteiger partial charge in [0.05, 0.1) is 0 Å². The molecule has 1 aliphatic heterocycles. The minimum Gasteiger partial charge on any atom is -0.381 e. The van der Waals surface area contributed by atoms with Crippen LogP contribution in [0.15, 0.2) is 0 Å². The summed E-state index contributed by atoms with van der Waals surface area (Å²) in [7, 11) is 4.42. The molecule has 13 heavy (non-hydrogen) atoms. The van der Waals surface area contributed by atoms with Crippen molar-refractivity contribution in [3.8, 4) is 0 Å². The predicted octanol–water partition coefficient (Wildman–Crippen LogP) is 2.29. The quantitative estimate of drug-likeness (QED) is 0.666. The molecule has 1 saturated heterocycles. The highest BCUT2D eigenvalue weighted by Gasteiger charge is 2.33. The van der Waals surface area contributed by atoms with Crippen molar-refractivity contribution in [3.05, 3.63) is 0 Å². The standard InChI is InChI=1S/C11H23NO/c1-4-5-6-11(12(2)3)7-9-13-10-8-11/h4-10H2,1-3H3. The lowest BCUT2D eigenvalue weighted by Crippen LogP contribution is -2.48. The zero-order chi connectivity index (χ0) is 9.73. The van der Waals surface area contributed by atoms with Crippen molar-refractivity contribution in [2.24, 2.45) is 0 Å². The number of unbranched alkanes of at least 4 members (excludes halogenated alkanes) is 1. The molecule has 2 nitrogen and oxygen atoms in total. The van der Waals surface area contributed by atoms with E-state index in [1.54, 1.807) is 0 Å². The van der Waals surface area contributed by atoms with E-state index < -0.39 is 0 Å². The molecule has 0 unspecified atom stereocenters. The largest absolute Gasteiger partial charge is 0.381 e. The summed E-state index contributed by atoms with van der Waals surface area (Å²) < 4.78 is 5.43. The van der Waals surface area contributed by atoms with Crippen molar-refractivity contribution >= 4 is 0 Å². The van der Waals surface area contributed by atoms with E-state index in [0.717, 1.165) is 13.2 Å². The zero-order valence-corrected chi connectivity index (χ0v) is 9.31. The Morgan fingerprint density at radius 2 is 1.85 bits per heavy atom. The zero-order valence-electron chi connectivity index (χ0n) is 9.31. The molecule has 1 aliphatic rings. The smallest absolute Gasteiger partial charge is 0.0483 e. The maximum absolute atomic E-state index is 5.43. The summed E-state index contributed by atoms with van der Waals surface area (Å²) in [6.45, 7) is 4.16. The van der Waals surface area contributed by atoms with Crippen LogP contribution in [0.25, 0.3) is 0 Å². The molecule has 0 saturated carbocycles. The lowest BCUT2D eigenvalue weighted by molar-refractivity contribution is -0.0130. The summed E-state index contributed by atoms with van der Waals surface area (Å²) >= 11 is 0. The molecule has 0 bridgehead atoms. The fourth-order valence-electron chi connectivity index (χ4n) is 2.18. The highest BCUT2D eigenvalue weighted by Crippen LogP contribution is 2.30. The van der Waals surface area contributed by atoms with Gasteiger partial charge in [0.15, 0.2) is 0 Å². The molecule has 0 aromatic heterocycles. The van der Waals surface area contributed by atoms with Crippen LogP contribution in [0.3, 0.4) is 0 Å². The number of nitrogens with zero attached hydrogens (tertiary/aromatic N) is 1. The Labute approximate surface area is 82.3 Å². The summed E-state index contributed by atoms with van der Waals surface area (Å²) in [5.41, 5.74) is 0.439. The average molecular weight is 185 g/mol. The molecule has 0 aromatic rings. The minimum absolute atomic E-state index is 0.439. The van der Waals surface area contributed by atoms with Crippen LogP contribution >= 0.6 is 0 Å². The van der Waals surface area contributed by atoms with Crippen LogP contribution in [0.1, 0.15) is 39.0 Å². The molecule has 1 heterocycles. The van der Waals surface area contributed by atoms with Crippen molar-refractivity contribution < 1.29 is 4.74 Å². The molecule has 0 amide bonds. The molecule has 0 spiro atoms. The van der Waals surface area contributed by atoms with Crippen LogP contribution in [-0.2, 0) is 4.74 Å². The molecule has 0 atom stereocenters. The van der Waals surface area contributed by atoms with Gasteiger partial charge in [0.25, 0.3) is 0 Å². The Morgan fingerprint density at radius 3 is 2.31 bits per heavy atom. The Balaban J connectivity index is 2.51. The topological polar surface area (TPSA) is 12.5 Å². The molecule has 1 rings (SSSR count). The number of ether oxygens (including phenoxy) is 1. The highest BCUT2D eigenvalue weighted by molar-refractivity contribution is 4.89. The Hall–Kier alpha value is -0.0800. The SMILES string of the molecule is CCCCC1(N(C)C)CCOCC1. The third kappa shape index (κ3) is 2.68. The van der Waals surface area contributed by atoms with Gasteiger partial charge in [-0.15, -0.1) is 0 Å². The molecule has 0 aromatic carbocycles. The fraction of sp³-hybridized carbons (Fsp3) is 1.00. The number of hydrogen-bond donors (Lipinski definition) is 0. The van der Waals surface area contributed by atoms with Gasteiger partial charge in [0, 0.05) is 18.8 Å². The van der Waals surface area contributed by atoms with Crippen molar-refractivity contribution in [3.63, 3.8) is 0 Å². The summed E-state index contributed by atoms with van der Waals surface area (Å²) in [6, 6.07) is 0. The second-order valence-corrected chi connectivity index (χ2v) is 4.33. The summed E-state index contributed by atoms with van der Waals surface area (Å²) in [4.78, 5) is 2.41. The van der Waals surface area contributed by atoms with Crippen molar-refractivity contribution in [1.82, 2.24) is 4.90 Å². The van der Waals surface area contributed by atoms with Gasteiger partial charge in [-0.2, -0.15) is 0 Å². The lowest BCUT2D eigenvalue weighted by atomic mass is 9.84. The molecule has 78 valence electrons. The van der Waals surface area contributed by atoms with Crippen LogP contribution in [0.5, 0.6) is 0 Å². The van der Waals surface area contributed by atoms with Crippen LogP contribution < -0.4 is 0 Å². The molecule has 1 fully saturated rings. The maximum atomic E-state index is 5.43. The first-order valence-electron chi connectivity index (χ1n) is 5.46. The Bertz CT molecular complexity index is 139. The normalized spacial score (nSPS) is 22.2. The van der Waals surface area contributed by atoms with E-state index in [4.69, 9.17) is 4.74 Å². The van der Waals surface area contributed by atoms with Crippen LogP contribution in [0, 0.1) is 0 Å². The minimum atomic E-state index is 0.439. The summed E-state index contributed by atoms with van der Waals surface area (Å²) in [5.74, 6) is 0. The van der Waals surface area contributed by atoms with Crippen LogP contribution in [0.4, 0.5) is 0 Å². The van der Waals surface area contributed by atoms with Crippen molar-refractivity contribution in [1.29, 1.82) is 0 Å². The van der Waals surface area contributed by atoms with Gasteiger partial charge in [-0.25, -0.2) is 0 Å². The van der Waals surface area contributed by atoms with E-state index in [0.29, 0.717) is 5.54 Å². The van der Waals surface area contributed by atoms with Crippen LogP contribution in [0.2, 0.25) is 0 Å². The number of hydrogen-bond acceptors (Lipinski definition) is 2. The number of rotatable bonds is 4. The Kier molecular flexibility index (Phi) is 4.20. The first kappa shape index (κ1) is 11.0. The third-order valence-corrected chi connectivity index (χ3v) is 3.37. The van der Waals surface area contributed by atoms with Gasteiger partial charge in [0.1, 0.15) is 0 Å². The van der Waals surface area contributed by atoms with E-state index in [1.165, 1.54) is 32.1 Å². The van der Waals surface area contributed by atoms with Gasteiger partial charge in [-0.05, 0) is 33.4 Å². The molecule has 0 aliphatic carbocycles. The highest BCUT2D eigenvalue weighted by atomic mass is 16.5. The first-order chi connectivity index (χ1) is 6.21. The second kappa shape index (κ2) is 4.97. The van der Waals surface area contributed by atoms with E-state index in [1.807, 2.05) is 0 Å². The van der Waals surface area contributed by atoms with Gasteiger partial charge >= 0.3 is 0 Å². The fourth-order valence-corrected chi connectivity index (χ4v) is 2.18. The van der Waals surface area contributed by atoms with Crippen molar-refractivity contribution in [2.45, 2.75) is 44.6 Å². The van der Waals surface area contributed by atoms with E-state index in [-0.39, 0.29) is 0 Å². The second-order valence-electron chi connectivity index (χ2n) is 4.33. The van der Waals surface area contributed by atoms with Gasteiger partial charge < -0.3 is 9.64 Å². The van der Waals surface area contributed by atoms with E-state index in [2.05, 4.69) is 25.9 Å². The molecule has 2 heteroatoms. The molecular formula is C11H23NO. The first-order valence-corrected chi connectivity index (χ1v) is 5.46.